The van der Waals surface area contributed by atoms with E-state index in [4.69, 9.17) is 9.47 Å². The number of carbonyl (C=O) groups excluding carboxylic acids is 1. The van der Waals surface area contributed by atoms with Gasteiger partial charge in [-0.3, -0.25) is 9.69 Å². The summed E-state index contributed by atoms with van der Waals surface area (Å²) in [5.74, 6) is 1.28. The van der Waals surface area contributed by atoms with Gasteiger partial charge in [0, 0.05) is 52.5 Å². The molecule has 31 heavy (non-hydrogen) atoms. The number of methoxy groups -OCH3 is 1. The van der Waals surface area contributed by atoms with Crippen LogP contribution >= 0.6 is 0 Å². The third-order valence-corrected chi connectivity index (χ3v) is 5.69. The molecule has 1 aliphatic rings. The summed E-state index contributed by atoms with van der Waals surface area (Å²) < 4.78 is 10.8. The van der Waals surface area contributed by atoms with Crippen molar-refractivity contribution in [3.05, 3.63) is 54.1 Å². The van der Waals surface area contributed by atoms with Crippen LogP contribution in [0, 0.1) is 0 Å². The second kappa shape index (κ2) is 11.0. The Hall–Kier alpha value is -2.77. The van der Waals surface area contributed by atoms with Crippen LogP contribution in [0.15, 0.2) is 48.5 Å². The quantitative estimate of drug-likeness (QED) is 0.664. The first-order valence-electron chi connectivity index (χ1n) is 10.7. The molecule has 1 amide bonds. The van der Waals surface area contributed by atoms with E-state index in [1.807, 2.05) is 26.2 Å². The Labute approximate surface area is 185 Å². The molecule has 2 aromatic rings. The minimum absolute atomic E-state index is 0.0125. The number of nitrogens with one attached hydrogen (secondary N) is 1. The average molecular weight is 427 g/mol. The maximum Gasteiger partial charge on any atom is 0.258 e. The Morgan fingerprint density at radius 2 is 1.61 bits per heavy atom. The highest BCUT2D eigenvalue weighted by Gasteiger charge is 2.24. The van der Waals surface area contributed by atoms with Crippen molar-refractivity contribution < 1.29 is 14.3 Å². The lowest BCUT2D eigenvalue weighted by atomic mass is 10.0. The fraction of sp³-hybridized carbons (Fsp3) is 0.458. The lowest BCUT2D eigenvalue weighted by Crippen LogP contribution is -2.48. The first-order chi connectivity index (χ1) is 15.0. The van der Waals surface area contributed by atoms with Crippen LogP contribution in [0.2, 0.25) is 0 Å². The van der Waals surface area contributed by atoms with Crippen molar-refractivity contribution >= 4 is 11.6 Å². The van der Waals surface area contributed by atoms with Crippen LogP contribution in [0.3, 0.4) is 0 Å². The largest absolute Gasteiger partial charge is 0.497 e. The Kier molecular flexibility index (Phi) is 8.14. The van der Waals surface area contributed by atoms with Gasteiger partial charge < -0.3 is 24.6 Å². The summed E-state index contributed by atoms with van der Waals surface area (Å²) >= 11 is 0. The minimum Gasteiger partial charge on any atom is -0.497 e. The summed E-state index contributed by atoms with van der Waals surface area (Å²) in [6.45, 7) is 4.56. The number of piperazine rings is 1. The number of likely N-dealkylation sites (N-methyl/N-ethyl adjacent to an activating group) is 1. The molecule has 1 fully saturated rings. The molecule has 168 valence electrons. The predicted octanol–water partition coefficient (Wildman–Crippen LogP) is 2.24. The van der Waals surface area contributed by atoms with Crippen LogP contribution in [0.4, 0.5) is 5.69 Å². The fourth-order valence-corrected chi connectivity index (χ4v) is 3.67. The van der Waals surface area contributed by atoms with E-state index in [9.17, 15) is 4.79 Å². The molecule has 0 radical (unpaired) electrons. The number of rotatable bonds is 9. The Morgan fingerprint density at radius 3 is 2.19 bits per heavy atom. The molecule has 1 N–H and O–H groups in total. The maximum absolute atomic E-state index is 12.5. The van der Waals surface area contributed by atoms with Gasteiger partial charge in [-0.25, -0.2) is 0 Å². The van der Waals surface area contributed by atoms with E-state index in [-0.39, 0.29) is 18.6 Å². The first-order valence-corrected chi connectivity index (χ1v) is 10.7. The predicted molar refractivity (Wildman–Crippen MR) is 124 cm³/mol. The van der Waals surface area contributed by atoms with Gasteiger partial charge in [0.05, 0.1) is 13.2 Å². The summed E-state index contributed by atoms with van der Waals surface area (Å²) in [4.78, 5) is 19.3. The van der Waals surface area contributed by atoms with Crippen LogP contribution in [-0.2, 0) is 4.79 Å². The van der Waals surface area contributed by atoms with Crippen molar-refractivity contribution in [2.24, 2.45) is 0 Å². The molecule has 0 aromatic heterocycles. The van der Waals surface area contributed by atoms with E-state index in [1.165, 1.54) is 5.56 Å². The van der Waals surface area contributed by atoms with Gasteiger partial charge in [0.15, 0.2) is 6.61 Å². The van der Waals surface area contributed by atoms with E-state index >= 15 is 0 Å². The van der Waals surface area contributed by atoms with Crippen LogP contribution < -0.4 is 19.7 Å². The highest BCUT2D eigenvalue weighted by molar-refractivity contribution is 5.77. The maximum atomic E-state index is 12.5. The molecule has 1 saturated heterocycles. The van der Waals surface area contributed by atoms with Crippen LogP contribution in [0.25, 0.3) is 0 Å². The van der Waals surface area contributed by atoms with Crippen molar-refractivity contribution in [1.29, 1.82) is 0 Å². The third-order valence-electron chi connectivity index (χ3n) is 5.69. The first kappa shape index (κ1) is 22.9. The lowest BCUT2D eigenvalue weighted by Gasteiger charge is -2.38. The molecule has 0 aliphatic carbocycles. The van der Waals surface area contributed by atoms with Crippen molar-refractivity contribution in [3.63, 3.8) is 0 Å². The molecule has 0 saturated carbocycles. The minimum atomic E-state index is -0.125. The summed E-state index contributed by atoms with van der Waals surface area (Å²) in [6, 6.07) is 15.9. The zero-order valence-electron chi connectivity index (χ0n) is 19.0. The van der Waals surface area contributed by atoms with Gasteiger partial charge in [0.1, 0.15) is 11.5 Å². The summed E-state index contributed by atoms with van der Waals surface area (Å²) in [5, 5.41) is 3.07. The monoisotopic (exact) mass is 426 g/mol. The summed E-state index contributed by atoms with van der Waals surface area (Å²) in [6.07, 6.45) is 0. The molecule has 7 nitrogen and oxygen atoms in total. The number of carbonyl (C=O) groups is 1. The Balaban J connectivity index is 1.60. The zero-order chi connectivity index (χ0) is 22.2. The molecular formula is C24H34N4O3. The van der Waals surface area contributed by atoms with Gasteiger partial charge in [-0.1, -0.05) is 12.1 Å². The van der Waals surface area contributed by atoms with Crippen LogP contribution in [0.1, 0.15) is 11.6 Å². The number of ether oxygens (including phenoxy) is 2. The third kappa shape index (κ3) is 6.60. The number of amides is 1. The second-order valence-electron chi connectivity index (χ2n) is 8.11. The molecule has 0 spiro atoms. The molecule has 0 bridgehead atoms. The van der Waals surface area contributed by atoms with Crippen molar-refractivity contribution in [1.82, 2.24) is 15.1 Å². The topological polar surface area (TPSA) is 57.3 Å². The number of benzene rings is 2. The normalized spacial score (nSPS) is 15.9. The molecule has 1 heterocycles. The van der Waals surface area contributed by atoms with E-state index in [2.05, 4.69) is 51.3 Å². The van der Waals surface area contributed by atoms with Gasteiger partial charge in [-0.2, -0.15) is 0 Å². The van der Waals surface area contributed by atoms with Gasteiger partial charge >= 0.3 is 0 Å². The van der Waals surface area contributed by atoms with Crippen LogP contribution in [0.5, 0.6) is 11.5 Å². The van der Waals surface area contributed by atoms with Crippen molar-refractivity contribution in [2.45, 2.75) is 6.04 Å². The van der Waals surface area contributed by atoms with E-state index in [1.54, 1.807) is 19.2 Å². The molecule has 2 aromatic carbocycles. The van der Waals surface area contributed by atoms with E-state index in [0.717, 1.165) is 37.6 Å². The molecule has 3 rings (SSSR count). The van der Waals surface area contributed by atoms with Gasteiger partial charge in [-0.05, 0) is 49.0 Å². The van der Waals surface area contributed by atoms with E-state index < -0.39 is 0 Å². The fourth-order valence-electron chi connectivity index (χ4n) is 3.67. The van der Waals surface area contributed by atoms with E-state index in [0.29, 0.717) is 12.3 Å². The molecular weight excluding hydrogens is 392 g/mol. The number of hydrogen-bond acceptors (Lipinski definition) is 6. The SMILES string of the molecule is COc1ccc(OCC(=O)NC[C@@H](c2ccc(N(C)C)cc2)N2CCN(C)CC2)cc1. The van der Waals surface area contributed by atoms with Crippen molar-refractivity contribution in [2.75, 3.05) is 72.5 Å². The van der Waals surface area contributed by atoms with Gasteiger partial charge in [0.25, 0.3) is 5.91 Å². The number of anilines is 1. The molecule has 0 unspecified atom stereocenters. The summed E-state index contributed by atoms with van der Waals surface area (Å²) in [5.41, 5.74) is 2.38. The van der Waals surface area contributed by atoms with Crippen LogP contribution in [-0.4, -0.2) is 83.3 Å². The Bertz CT molecular complexity index is 816. The van der Waals surface area contributed by atoms with Gasteiger partial charge in [0.2, 0.25) is 0 Å². The van der Waals surface area contributed by atoms with Gasteiger partial charge in [-0.15, -0.1) is 0 Å². The highest BCUT2D eigenvalue weighted by atomic mass is 16.5. The lowest BCUT2D eigenvalue weighted by molar-refractivity contribution is -0.123. The standard InChI is InChI=1S/C24H34N4O3/c1-26(2)20-7-5-19(6-8-20)23(28-15-13-27(3)14-16-28)17-25-24(29)18-31-22-11-9-21(30-4)10-12-22/h5-12,23H,13-18H2,1-4H3,(H,25,29)/t23-/m0/s1. The van der Waals surface area contributed by atoms with Crippen molar-refractivity contribution in [3.8, 4) is 11.5 Å². The number of hydrogen-bond donors (Lipinski definition) is 1. The average Bonchev–Trinajstić information content (AvgIpc) is 2.79. The zero-order valence-corrected chi connectivity index (χ0v) is 19.0. The Morgan fingerprint density at radius 1 is 1.00 bits per heavy atom. The molecule has 1 atom stereocenters. The molecule has 7 heteroatoms. The highest BCUT2D eigenvalue weighted by Crippen LogP contribution is 2.24. The smallest absolute Gasteiger partial charge is 0.258 e. The summed E-state index contributed by atoms with van der Waals surface area (Å²) in [7, 11) is 7.84. The second-order valence-corrected chi connectivity index (χ2v) is 8.11. The number of nitrogens with zero attached hydrogens (tertiary/aromatic N) is 3. The molecule has 1 aliphatic heterocycles.